The zero-order chi connectivity index (χ0) is 16.4. The van der Waals surface area contributed by atoms with Gasteiger partial charge in [0.15, 0.2) is 0 Å². The quantitative estimate of drug-likeness (QED) is 0.835. The van der Waals surface area contributed by atoms with E-state index in [2.05, 4.69) is 0 Å². The van der Waals surface area contributed by atoms with Gasteiger partial charge >= 0.3 is 6.18 Å². The van der Waals surface area contributed by atoms with Crippen LogP contribution in [0.4, 0.5) is 13.2 Å². The second-order valence-electron chi connectivity index (χ2n) is 4.53. The van der Waals surface area contributed by atoms with Crippen LogP contribution in [0.5, 0.6) is 0 Å². The summed E-state index contributed by atoms with van der Waals surface area (Å²) in [6, 6.07) is 4.07. The first-order valence-corrected chi connectivity index (χ1v) is 7.73. The highest BCUT2D eigenvalue weighted by Crippen LogP contribution is 2.23. The van der Waals surface area contributed by atoms with Crippen LogP contribution < -0.4 is 5.73 Å². The topological polar surface area (TPSA) is 63.4 Å². The predicted octanol–water partition coefficient (Wildman–Crippen LogP) is 2.20. The molecule has 1 aromatic carbocycles. The van der Waals surface area contributed by atoms with Gasteiger partial charge in [-0.3, -0.25) is 0 Å². The Bertz CT molecular complexity index is 642. The van der Waals surface area contributed by atoms with E-state index in [1.165, 1.54) is 18.2 Å². The van der Waals surface area contributed by atoms with Crippen LogP contribution in [0.25, 0.3) is 0 Å². The van der Waals surface area contributed by atoms with Gasteiger partial charge in [-0.1, -0.05) is 18.3 Å². The number of nitrogens with zero attached hydrogens (tertiary/aromatic N) is 1. The standard InChI is InChI=1S/C12H15F3N2O2S2/c1-8-7-9(3-4-10(8)11(16)20)21(18,19)17(2)6-5-12(13,14)15/h3-4,7H,5-6H2,1-2H3,(H2,16,20). The zero-order valence-electron chi connectivity index (χ0n) is 11.4. The summed E-state index contributed by atoms with van der Waals surface area (Å²) in [5.41, 5.74) is 6.55. The molecule has 0 saturated heterocycles. The van der Waals surface area contributed by atoms with Crippen molar-refractivity contribution < 1.29 is 21.6 Å². The van der Waals surface area contributed by atoms with E-state index in [9.17, 15) is 21.6 Å². The van der Waals surface area contributed by atoms with Crippen LogP contribution in [0.2, 0.25) is 0 Å². The number of benzene rings is 1. The van der Waals surface area contributed by atoms with E-state index in [4.69, 9.17) is 18.0 Å². The fourth-order valence-electron chi connectivity index (χ4n) is 1.66. The predicted molar refractivity (Wildman–Crippen MR) is 77.6 cm³/mol. The molecule has 0 saturated carbocycles. The van der Waals surface area contributed by atoms with Crippen molar-refractivity contribution in [3.8, 4) is 0 Å². The van der Waals surface area contributed by atoms with E-state index >= 15 is 0 Å². The second-order valence-corrected chi connectivity index (χ2v) is 7.02. The molecule has 21 heavy (non-hydrogen) atoms. The largest absolute Gasteiger partial charge is 0.390 e. The molecule has 118 valence electrons. The second kappa shape index (κ2) is 6.29. The molecule has 0 bridgehead atoms. The maximum atomic E-state index is 12.2. The number of hydrogen-bond acceptors (Lipinski definition) is 3. The zero-order valence-corrected chi connectivity index (χ0v) is 13.1. The first kappa shape index (κ1) is 17.9. The Morgan fingerprint density at radius 3 is 2.38 bits per heavy atom. The normalized spacial score (nSPS) is 12.7. The average Bonchev–Trinajstić information content (AvgIpc) is 2.34. The summed E-state index contributed by atoms with van der Waals surface area (Å²) in [6.45, 7) is 0.991. The monoisotopic (exact) mass is 340 g/mol. The highest BCUT2D eigenvalue weighted by Gasteiger charge is 2.30. The maximum absolute atomic E-state index is 12.2. The average molecular weight is 340 g/mol. The molecule has 0 aliphatic rings. The summed E-state index contributed by atoms with van der Waals surface area (Å²) in [6.07, 6.45) is -5.61. The van der Waals surface area contributed by atoms with Crippen LogP contribution in [0, 0.1) is 6.92 Å². The fourth-order valence-corrected chi connectivity index (χ4v) is 3.14. The van der Waals surface area contributed by atoms with E-state index < -0.39 is 29.2 Å². The number of hydrogen-bond donors (Lipinski definition) is 1. The van der Waals surface area contributed by atoms with E-state index in [1.54, 1.807) is 6.92 Å². The molecule has 0 radical (unpaired) electrons. The lowest BCUT2D eigenvalue weighted by atomic mass is 10.1. The third-order valence-corrected chi connectivity index (χ3v) is 4.95. The van der Waals surface area contributed by atoms with Crippen LogP contribution in [0.1, 0.15) is 17.5 Å². The van der Waals surface area contributed by atoms with Gasteiger partial charge < -0.3 is 5.73 Å². The fraction of sp³-hybridized carbons (Fsp3) is 0.417. The van der Waals surface area contributed by atoms with Crippen LogP contribution in [-0.2, 0) is 10.0 Å². The summed E-state index contributed by atoms with van der Waals surface area (Å²) in [5, 5.41) is 0. The number of sulfonamides is 1. The number of halogens is 3. The molecule has 0 amide bonds. The van der Waals surface area contributed by atoms with Crippen molar-refractivity contribution in [1.29, 1.82) is 0 Å². The number of alkyl halides is 3. The van der Waals surface area contributed by atoms with Crippen molar-refractivity contribution in [3.63, 3.8) is 0 Å². The summed E-state index contributed by atoms with van der Waals surface area (Å²) < 4.78 is 61.5. The van der Waals surface area contributed by atoms with Crippen LogP contribution >= 0.6 is 12.2 Å². The molecule has 1 aromatic rings. The summed E-state index contributed by atoms with van der Waals surface area (Å²) >= 11 is 4.81. The van der Waals surface area contributed by atoms with Crippen molar-refractivity contribution in [3.05, 3.63) is 29.3 Å². The molecule has 0 spiro atoms. The molecule has 2 N–H and O–H groups in total. The summed E-state index contributed by atoms with van der Waals surface area (Å²) in [5.74, 6) is 0. The van der Waals surface area contributed by atoms with E-state index in [-0.39, 0.29) is 9.88 Å². The van der Waals surface area contributed by atoms with Crippen LogP contribution in [0.15, 0.2) is 23.1 Å². The highest BCUT2D eigenvalue weighted by atomic mass is 32.2. The molecule has 1 rings (SSSR count). The first-order valence-electron chi connectivity index (χ1n) is 5.88. The van der Waals surface area contributed by atoms with E-state index in [0.29, 0.717) is 15.4 Å². The van der Waals surface area contributed by atoms with Gasteiger partial charge in [0.25, 0.3) is 0 Å². The molecular weight excluding hydrogens is 325 g/mol. The lowest BCUT2D eigenvalue weighted by Gasteiger charge is -2.18. The van der Waals surface area contributed by atoms with Gasteiger partial charge in [0.1, 0.15) is 4.99 Å². The third kappa shape index (κ3) is 4.65. The van der Waals surface area contributed by atoms with Gasteiger partial charge in [0, 0.05) is 19.2 Å². The molecule has 4 nitrogen and oxygen atoms in total. The van der Waals surface area contributed by atoms with Gasteiger partial charge in [-0.2, -0.15) is 13.2 Å². The third-order valence-electron chi connectivity index (χ3n) is 2.88. The van der Waals surface area contributed by atoms with Crippen molar-refractivity contribution in [2.45, 2.75) is 24.4 Å². The Hall–Kier alpha value is -1.19. The van der Waals surface area contributed by atoms with Gasteiger partial charge in [0.05, 0.1) is 11.3 Å². The first-order chi connectivity index (χ1) is 9.45. The molecule has 0 aromatic heterocycles. The lowest BCUT2D eigenvalue weighted by Crippen LogP contribution is -2.30. The minimum atomic E-state index is -4.41. The van der Waals surface area contributed by atoms with Crippen molar-refractivity contribution in [2.24, 2.45) is 5.73 Å². The Morgan fingerprint density at radius 1 is 1.38 bits per heavy atom. The number of rotatable bonds is 5. The highest BCUT2D eigenvalue weighted by molar-refractivity contribution is 7.89. The lowest BCUT2D eigenvalue weighted by molar-refractivity contribution is -0.135. The van der Waals surface area contributed by atoms with Crippen LogP contribution in [-0.4, -0.2) is 37.5 Å². The molecule has 0 aliphatic carbocycles. The minimum Gasteiger partial charge on any atom is -0.389 e. The van der Waals surface area contributed by atoms with E-state index in [1.807, 2.05) is 0 Å². The van der Waals surface area contributed by atoms with Crippen molar-refractivity contribution >= 4 is 27.2 Å². The molecule has 9 heteroatoms. The van der Waals surface area contributed by atoms with Gasteiger partial charge in [0.2, 0.25) is 10.0 Å². The summed E-state index contributed by atoms with van der Waals surface area (Å²) in [4.78, 5) is 0.0338. The Labute approximate surface area is 126 Å². The molecule has 0 unspecified atom stereocenters. The summed E-state index contributed by atoms with van der Waals surface area (Å²) in [7, 11) is -2.87. The van der Waals surface area contributed by atoms with Crippen LogP contribution in [0.3, 0.4) is 0 Å². The van der Waals surface area contributed by atoms with Gasteiger partial charge in [-0.15, -0.1) is 0 Å². The minimum absolute atomic E-state index is 0.0929. The van der Waals surface area contributed by atoms with Gasteiger partial charge in [-0.05, 0) is 24.6 Å². The number of thiocarbonyl (C=S) groups is 1. The molecule has 0 aliphatic heterocycles. The Balaban J connectivity index is 3.03. The van der Waals surface area contributed by atoms with Crippen molar-refractivity contribution in [1.82, 2.24) is 4.31 Å². The number of nitrogens with two attached hydrogens (primary N) is 1. The molecule has 0 heterocycles. The Morgan fingerprint density at radius 2 is 1.95 bits per heavy atom. The molecular formula is C12H15F3N2O2S2. The number of aryl methyl sites for hydroxylation is 1. The molecule has 0 fully saturated rings. The Kier molecular flexibility index (Phi) is 5.35. The molecule has 0 atom stereocenters. The maximum Gasteiger partial charge on any atom is 0.390 e. The van der Waals surface area contributed by atoms with E-state index in [0.717, 1.165) is 7.05 Å². The van der Waals surface area contributed by atoms with Gasteiger partial charge in [-0.25, -0.2) is 12.7 Å². The smallest absolute Gasteiger partial charge is 0.389 e. The van der Waals surface area contributed by atoms with Crippen molar-refractivity contribution in [2.75, 3.05) is 13.6 Å². The SMILES string of the molecule is Cc1cc(S(=O)(=O)N(C)CCC(F)(F)F)ccc1C(N)=S.